The van der Waals surface area contributed by atoms with Crippen LogP contribution in [0.5, 0.6) is 5.75 Å². The van der Waals surface area contributed by atoms with Gasteiger partial charge < -0.3 is 14.8 Å². The Bertz CT molecular complexity index is 959. The Morgan fingerprint density at radius 3 is 2.79 bits per heavy atom. The number of rotatable bonds is 5. The summed E-state index contributed by atoms with van der Waals surface area (Å²) < 4.78 is 5.82. The van der Waals surface area contributed by atoms with Crippen LogP contribution in [0.25, 0.3) is 10.9 Å². The van der Waals surface area contributed by atoms with E-state index in [1.807, 2.05) is 6.20 Å². The van der Waals surface area contributed by atoms with Gasteiger partial charge >= 0.3 is 0 Å². The molecule has 4 nitrogen and oxygen atoms in total. The molecule has 6 heteroatoms. The van der Waals surface area contributed by atoms with Crippen LogP contribution in [0.15, 0.2) is 48.7 Å². The van der Waals surface area contributed by atoms with Crippen molar-refractivity contribution in [3.63, 3.8) is 0 Å². The zero-order valence-electron chi connectivity index (χ0n) is 15.6. The molecular weight excluding hydrogens is 395 g/mol. The van der Waals surface area contributed by atoms with Crippen molar-refractivity contribution in [3.05, 3.63) is 64.3 Å². The highest BCUT2D eigenvalue weighted by atomic mass is 35.5. The van der Waals surface area contributed by atoms with Gasteiger partial charge in [0.15, 0.2) is 0 Å². The van der Waals surface area contributed by atoms with E-state index in [0.29, 0.717) is 22.2 Å². The van der Waals surface area contributed by atoms with Crippen LogP contribution in [0.1, 0.15) is 24.8 Å². The average Bonchev–Trinajstić information content (AvgIpc) is 3.07. The first kappa shape index (κ1) is 19.6. The van der Waals surface area contributed by atoms with Crippen LogP contribution in [0.3, 0.4) is 0 Å². The second-order valence-corrected chi connectivity index (χ2v) is 8.43. The summed E-state index contributed by atoms with van der Waals surface area (Å²) >= 11 is 12.0. The Morgan fingerprint density at radius 2 is 1.93 bits per heavy atom. The summed E-state index contributed by atoms with van der Waals surface area (Å²) in [6.45, 7) is 2.96. The van der Waals surface area contributed by atoms with E-state index in [-0.39, 0.29) is 6.61 Å². The molecule has 1 aliphatic heterocycles. The number of nitrogens with one attached hydrogen (secondary N) is 1. The van der Waals surface area contributed by atoms with Gasteiger partial charge in [-0.05, 0) is 67.1 Å². The van der Waals surface area contributed by atoms with Gasteiger partial charge in [-0.3, -0.25) is 4.90 Å². The molecule has 0 radical (unpaired) electrons. The number of fused-ring (bicyclic) bond motifs is 1. The van der Waals surface area contributed by atoms with Crippen LogP contribution in [0, 0.1) is 0 Å². The number of aliphatic hydroxyl groups is 1. The molecule has 0 bridgehead atoms. The molecule has 2 aromatic carbocycles. The molecule has 4 rings (SSSR count). The van der Waals surface area contributed by atoms with E-state index in [0.717, 1.165) is 38.0 Å². The number of aromatic nitrogens is 1. The van der Waals surface area contributed by atoms with Crippen molar-refractivity contribution in [2.45, 2.75) is 31.4 Å². The van der Waals surface area contributed by atoms with Crippen LogP contribution in [0.2, 0.25) is 10.0 Å². The molecular formula is C22H24Cl2N2O2. The third kappa shape index (κ3) is 4.64. The van der Waals surface area contributed by atoms with Gasteiger partial charge in [-0.2, -0.15) is 0 Å². The summed E-state index contributed by atoms with van der Waals surface area (Å²) in [6.07, 6.45) is 4.31. The lowest BCUT2D eigenvalue weighted by atomic mass is 9.96. The second-order valence-electron chi connectivity index (χ2n) is 7.62. The predicted octanol–water partition coefficient (Wildman–Crippen LogP) is 5.27. The SMILES string of the molecule is O[C@]1(COc2ccc(Cl)c(Cl)c2)CCCN(Cc2ccc3[nH]ccc3c2)CC1. The highest BCUT2D eigenvalue weighted by molar-refractivity contribution is 6.42. The molecule has 0 spiro atoms. The number of nitrogens with zero attached hydrogens (tertiary/aromatic N) is 1. The van der Waals surface area contributed by atoms with Gasteiger partial charge in [-0.25, -0.2) is 0 Å². The van der Waals surface area contributed by atoms with Gasteiger partial charge in [-0.15, -0.1) is 0 Å². The van der Waals surface area contributed by atoms with Crippen molar-refractivity contribution in [1.29, 1.82) is 0 Å². The van der Waals surface area contributed by atoms with Crippen molar-refractivity contribution in [2.24, 2.45) is 0 Å². The topological polar surface area (TPSA) is 48.5 Å². The van der Waals surface area contributed by atoms with E-state index in [9.17, 15) is 5.11 Å². The first-order valence-corrected chi connectivity index (χ1v) is 10.3. The summed E-state index contributed by atoms with van der Waals surface area (Å²) in [5.41, 5.74) is 1.63. The predicted molar refractivity (Wildman–Crippen MR) is 114 cm³/mol. The maximum atomic E-state index is 11.0. The summed E-state index contributed by atoms with van der Waals surface area (Å²) in [4.78, 5) is 5.64. The third-order valence-corrected chi connectivity index (χ3v) is 6.17. The molecule has 148 valence electrons. The van der Waals surface area contributed by atoms with Gasteiger partial charge in [-0.1, -0.05) is 29.3 Å². The Balaban J connectivity index is 1.34. The maximum Gasteiger partial charge on any atom is 0.121 e. The van der Waals surface area contributed by atoms with Crippen LogP contribution in [-0.4, -0.2) is 40.3 Å². The summed E-state index contributed by atoms with van der Waals surface area (Å²) in [7, 11) is 0. The zero-order valence-corrected chi connectivity index (χ0v) is 17.1. The molecule has 0 aliphatic carbocycles. The van der Waals surface area contributed by atoms with Gasteiger partial charge in [0, 0.05) is 30.9 Å². The number of halogens is 2. The Morgan fingerprint density at radius 1 is 1.04 bits per heavy atom. The lowest BCUT2D eigenvalue weighted by Gasteiger charge is -2.27. The molecule has 28 heavy (non-hydrogen) atoms. The zero-order chi connectivity index (χ0) is 19.6. The average molecular weight is 419 g/mol. The highest BCUT2D eigenvalue weighted by Crippen LogP contribution is 2.29. The molecule has 2 N–H and O–H groups in total. The fraction of sp³-hybridized carbons (Fsp3) is 0.364. The van der Waals surface area contributed by atoms with Crippen LogP contribution < -0.4 is 4.74 Å². The monoisotopic (exact) mass is 418 g/mol. The first-order valence-electron chi connectivity index (χ1n) is 9.59. The number of benzene rings is 2. The molecule has 1 aliphatic rings. The summed E-state index contributed by atoms with van der Waals surface area (Å²) in [5.74, 6) is 0.628. The lowest BCUT2D eigenvalue weighted by Crippen LogP contribution is -2.37. The van der Waals surface area contributed by atoms with Crippen molar-refractivity contribution in [1.82, 2.24) is 9.88 Å². The van der Waals surface area contributed by atoms with Gasteiger partial charge in [0.05, 0.1) is 15.6 Å². The number of hydrogen-bond acceptors (Lipinski definition) is 3. The van der Waals surface area contributed by atoms with Crippen molar-refractivity contribution in [2.75, 3.05) is 19.7 Å². The number of hydrogen-bond donors (Lipinski definition) is 2. The maximum absolute atomic E-state index is 11.0. The van der Waals surface area contributed by atoms with Gasteiger partial charge in [0.1, 0.15) is 12.4 Å². The van der Waals surface area contributed by atoms with E-state index >= 15 is 0 Å². The van der Waals surface area contributed by atoms with Crippen molar-refractivity contribution < 1.29 is 9.84 Å². The van der Waals surface area contributed by atoms with Crippen LogP contribution in [-0.2, 0) is 6.54 Å². The number of H-pyrrole nitrogens is 1. The quantitative estimate of drug-likeness (QED) is 0.592. The second kappa shape index (κ2) is 8.34. The van der Waals surface area contributed by atoms with Crippen LogP contribution >= 0.6 is 23.2 Å². The van der Waals surface area contributed by atoms with Crippen molar-refractivity contribution >= 4 is 34.1 Å². The molecule has 3 aromatic rings. The van der Waals surface area contributed by atoms with Gasteiger partial charge in [0.25, 0.3) is 0 Å². The van der Waals surface area contributed by atoms with Gasteiger partial charge in [0.2, 0.25) is 0 Å². The van der Waals surface area contributed by atoms with E-state index in [1.54, 1.807) is 18.2 Å². The Labute approximate surface area is 175 Å². The fourth-order valence-corrected chi connectivity index (χ4v) is 4.07. The third-order valence-electron chi connectivity index (χ3n) is 5.43. The molecule has 1 saturated heterocycles. The molecule has 1 fully saturated rings. The van der Waals surface area contributed by atoms with E-state index in [1.165, 1.54) is 10.9 Å². The minimum absolute atomic E-state index is 0.258. The minimum atomic E-state index is -0.828. The number of ether oxygens (including phenoxy) is 1. The lowest BCUT2D eigenvalue weighted by molar-refractivity contribution is -0.0168. The van der Waals surface area contributed by atoms with E-state index in [4.69, 9.17) is 27.9 Å². The molecule has 0 amide bonds. The molecule has 0 saturated carbocycles. The normalized spacial score (nSPS) is 21.0. The van der Waals surface area contributed by atoms with Crippen molar-refractivity contribution in [3.8, 4) is 5.75 Å². The molecule has 2 heterocycles. The minimum Gasteiger partial charge on any atom is -0.491 e. The number of aromatic amines is 1. The fourth-order valence-electron chi connectivity index (χ4n) is 3.78. The largest absolute Gasteiger partial charge is 0.491 e. The van der Waals surface area contributed by atoms with E-state index < -0.39 is 5.60 Å². The molecule has 1 aromatic heterocycles. The number of likely N-dealkylation sites (tertiary alicyclic amines) is 1. The Kier molecular flexibility index (Phi) is 5.83. The molecule has 1 atom stereocenters. The smallest absolute Gasteiger partial charge is 0.121 e. The summed E-state index contributed by atoms with van der Waals surface area (Å²) in [5, 5.41) is 13.2. The first-order chi connectivity index (χ1) is 13.5. The van der Waals surface area contributed by atoms with E-state index in [2.05, 4.69) is 34.1 Å². The molecule has 0 unspecified atom stereocenters. The Hall–Kier alpha value is -1.72. The standard InChI is InChI=1S/C22H24Cl2N2O2/c23-19-4-3-18(13-20(19)24)28-15-22(27)7-1-10-26(11-8-22)14-16-2-5-21-17(12-16)6-9-25-21/h2-6,9,12-13,25,27H,1,7-8,10-11,14-15H2/t22-/m1/s1. The van der Waals surface area contributed by atoms with Crippen LogP contribution in [0.4, 0.5) is 0 Å². The highest BCUT2D eigenvalue weighted by Gasteiger charge is 2.31. The summed E-state index contributed by atoms with van der Waals surface area (Å²) in [6, 6.07) is 13.8.